The highest BCUT2D eigenvalue weighted by Crippen LogP contribution is 2.20. The summed E-state index contributed by atoms with van der Waals surface area (Å²) >= 11 is 5.89. The van der Waals surface area contributed by atoms with E-state index in [-0.39, 0.29) is 23.4 Å². The van der Waals surface area contributed by atoms with Gasteiger partial charge in [0.2, 0.25) is 5.91 Å². The second-order valence-corrected chi connectivity index (χ2v) is 5.32. The van der Waals surface area contributed by atoms with Gasteiger partial charge in [-0.05, 0) is 32.0 Å². The Bertz CT molecular complexity index is 438. The molecule has 1 amide bonds. The van der Waals surface area contributed by atoms with Gasteiger partial charge in [0.15, 0.2) is 0 Å². The van der Waals surface area contributed by atoms with Crippen molar-refractivity contribution in [1.29, 1.82) is 0 Å². The first kappa shape index (κ1) is 13.3. The molecule has 0 saturated carbocycles. The standard InChI is InChI=1S/C13H16ClFN2O/c1-13(5-6-16-8-13)17-12(18)7-9-10(14)3-2-4-11(9)15/h2-4,16H,5-8H2,1H3,(H,17,18). The zero-order valence-corrected chi connectivity index (χ0v) is 11.0. The number of carbonyl (C=O) groups is 1. The first-order valence-electron chi connectivity index (χ1n) is 5.95. The van der Waals surface area contributed by atoms with Crippen LogP contribution >= 0.6 is 11.6 Å². The lowest BCUT2D eigenvalue weighted by molar-refractivity contribution is -0.122. The maximum atomic E-state index is 13.5. The molecule has 5 heteroatoms. The smallest absolute Gasteiger partial charge is 0.225 e. The quantitative estimate of drug-likeness (QED) is 0.881. The molecule has 98 valence electrons. The second-order valence-electron chi connectivity index (χ2n) is 4.91. The molecule has 1 aliphatic rings. The Morgan fingerprint density at radius 2 is 2.39 bits per heavy atom. The first-order chi connectivity index (χ1) is 8.50. The molecule has 1 unspecified atom stereocenters. The summed E-state index contributed by atoms with van der Waals surface area (Å²) < 4.78 is 13.5. The van der Waals surface area contributed by atoms with Crippen molar-refractivity contribution in [3.63, 3.8) is 0 Å². The summed E-state index contributed by atoms with van der Waals surface area (Å²) in [5, 5.41) is 6.41. The fraction of sp³-hybridized carbons (Fsp3) is 0.462. The summed E-state index contributed by atoms with van der Waals surface area (Å²) in [7, 11) is 0. The molecule has 18 heavy (non-hydrogen) atoms. The third-order valence-electron chi connectivity index (χ3n) is 3.21. The lowest BCUT2D eigenvalue weighted by atomic mass is 10.0. The van der Waals surface area contributed by atoms with Gasteiger partial charge in [-0.25, -0.2) is 4.39 Å². The van der Waals surface area contributed by atoms with Crippen LogP contribution in [0.25, 0.3) is 0 Å². The van der Waals surface area contributed by atoms with Crippen LogP contribution in [-0.4, -0.2) is 24.5 Å². The van der Waals surface area contributed by atoms with Crippen LogP contribution in [0, 0.1) is 5.82 Å². The summed E-state index contributed by atoms with van der Waals surface area (Å²) in [5.41, 5.74) is 0.0145. The third kappa shape index (κ3) is 3.00. The molecule has 3 nitrogen and oxygen atoms in total. The lowest BCUT2D eigenvalue weighted by Gasteiger charge is -2.24. The lowest BCUT2D eigenvalue weighted by Crippen LogP contribution is -2.48. The van der Waals surface area contributed by atoms with Gasteiger partial charge in [-0.2, -0.15) is 0 Å². The van der Waals surface area contributed by atoms with Crippen LogP contribution in [0.5, 0.6) is 0 Å². The van der Waals surface area contributed by atoms with Crippen molar-refractivity contribution in [1.82, 2.24) is 10.6 Å². The molecule has 1 aliphatic heterocycles. The van der Waals surface area contributed by atoms with E-state index in [0.717, 1.165) is 19.5 Å². The van der Waals surface area contributed by atoms with Gasteiger partial charge in [-0.1, -0.05) is 17.7 Å². The number of benzene rings is 1. The molecule has 2 rings (SSSR count). The number of hydrogen-bond acceptors (Lipinski definition) is 2. The largest absolute Gasteiger partial charge is 0.349 e. The topological polar surface area (TPSA) is 41.1 Å². The zero-order valence-electron chi connectivity index (χ0n) is 10.2. The van der Waals surface area contributed by atoms with Crippen LogP contribution in [0.2, 0.25) is 5.02 Å². The molecule has 1 fully saturated rings. The third-order valence-corrected chi connectivity index (χ3v) is 3.56. The average molecular weight is 271 g/mol. The summed E-state index contributed by atoms with van der Waals surface area (Å²) in [6, 6.07) is 4.43. The normalized spacial score (nSPS) is 23.1. The van der Waals surface area contributed by atoms with Crippen LogP contribution in [0.3, 0.4) is 0 Å². The number of rotatable bonds is 3. The number of carbonyl (C=O) groups excluding carboxylic acids is 1. The minimum Gasteiger partial charge on any atom is -0.349 e. The van der Waals surface area contributed by atoms with E-state index in [1.165, 1.54) is 12.1 Å². The van der Waals surface area contributed by atoms with Crippen molar-refractivity contribution in [3.8, 4) is 0 Å². The monoisotopic (exact) mass is 270 g/mol. The molecule has 1 aromatic carbocycles. The van der Waals surface area contributed by atoms with Crippen molar-refractivity contribution < 1.29 is 9.18 Å². The Hall–Kier alpha value is -1.13. The van der Waals surface area contributed by atoms with E-state index in [0.29, 0.717) is 5.02 Å². The highest BCUT2D eigenvalue weighted by molar-refractivity contribution is 6.31. The van der Waals surface area contributed by atoms with E-state index in [1.54, 1.807) is 6.07 Å². The Balaban J connectivity index is 2.03. The molecule has 0 bridgehead atoms. The summed E-state index contributed by atoms with van der Waals surface area (Å²) in [4.78, 5) is 11.9. The first-order valence-corrected chi connectivity index (χ1v) is 6.33. The summed E-state index contributed by atoms with van der Waals surface area (Å²) in [6.45, 7) is 3.61. The molecule has 0 spiro atoms. The number of amides is 1. The predicted molar refractivity (Wildman–Crippen MR) is 69.1 cm³/mol. The highest BCUT2D eigenvalue weighted by Gasteiger charge is 2.30. The Morgan fingerprint density at radius 1 is 1.61 bits per heavy atom. The van der Waals surface area contributed by atoms with Gasteiger partial charge < -0.3 is 10.6 Å². The number of halogens is 2. The van der Waals surface area contributed by atoms with E-state index in [4.69, 9.17) is 11.6 Å². The van der Waals surface area contributed by atoms with E-state index >= 15 is 0 Å². The van der Waals surface area contributed by atoms with Crippen molar-refractivity contribution in [2.24, 2.45) is 0 Å². The minimum absolute atomic E-state index is 0.0267. The van der Waals surface area contributed by atoms with Gasteiger partial charge in [-0.15, -0.1) is 0 Å². The molecule has 1 atom stereocenters. The van der Waals surface area contributed by atoms with Gasteiger partial charge in [0.05, 0.1) is 12.0 Å². The molecule has 1 heterocycles. The van der Waals surface area contributed by atoms with Crippen LogP contribution in [-0.2, 0) is 11.2 Å². The van der Waals surface area contributed by atoms with E-state index < -0.39 is 5.82 Å². The van der Waals surface area contributed by atoms with Gasteiger partial charge >= 0.3 is 0 Å². The Morgan fingerprint density at radius 3 is 3.00 bits per heavy atom. The van der Waals surface area contributed by atoms with Crippen LogP contribution in [0.15, 0.2) is 18.2 Å². The molecular weight excluding hydrogens is 255 g/mol. The fourth-order valence-electron chi connectivity index (χ4n) is 2.17. The van der Waals surface area contributed by atoms with Gasteiger partial charge in [0.1, 0.15) is 5.82 Å². The number of hydrogen-bond donors (Lipinski definition) is 2. The fourth-order valence-corrected chi connectivity index (χ4v) is 2.40. The highest BCUT2D eigenvalue weighted by atomic mass is 35.5. The van der Waals surface area contributed by atoms with Crippen LogP contribution in [0.1, 0.15) is 18.9 Å². The Kier molecular flexibility index (Phi) is 3.88. The van der Waals surface area contributed by atoms with Gasteiger partial charge in [0.25, 0.3) is 0 Å². The average Bonchev–Trinajstić information content (AvgIpc) is 2.70. The molecule has 0 radical (unpaired) electrons. The molecule has 2 N–H and O–H groups in total. The van der Waals surface area contributed by atoms with Crippen molar-refractivity contribution >= 4 is 17.5 Å². The van der Waals surface area contributed by atoms with Crippen LogP contribution < -0.4 is 10.6 Å². The SMILES string of the molecule is CC1(NC(=O)Cc2c(F)cccc2Cl)CCNC1. The zero-order chi connectivity index (χ0) is 13.2. The molecule has 0 aromatic heterocycles. The second kappa shape index (κ2) is 5.24. The molecular formula is C13H16ClFN2O. The van der Waals surface area contributed by atoms with Gasteiger partial charge in [-0.3, -0.25) is 4.79 Å². The Labute approximate surface area is 111 Å². The van der Waals surface area contributed by atoms with E-state index in [2.05, 4.69) is 10.6 Å². The summed E-state index contributed by atoms with van der Waals surface area (Å²) in [5.74, 6) is -0.638. The maximum absolute atomic E-state index is 13.5. The number of nitrogens with one attached hydrogen (secondary N) is 2. The van der Waals surface area contributed by atoms with E-state index in [9.17, 15) is 9.18 Å². The molecule has 1 saturated heterocycles. The predicted octanol–water partition coefficient (Wildman–Crippen LogP) is 1.89. The molecule has 1 aromatic rings. The molecule has 0 aliphatic carbocycles. The summed E-state index contributed by atoms with van der Waals surface area (Å²) in [6.07, 6.45) is 0.852. The van der Waals surface area contributed by atoms with E-state index in [1.807, 2.05) is 6.92 Å². The van der Waals surface area contributed by atoms with Crippen LogP contribution in [0.4, 0.5) is 4.39 Å². The van der Waals surface area contributed by atoms with Crippen molar-refractivity contribution in [2.45, 2.75) is 25.3 Å². The minimum atomic E-state index is -0.438. The van der Waals surface area contributed by atoms with Gasteiger partial charge in [0, 0.05) is 17.1 Å². The van der Waals surface area contributed by atoms with Crippen molar-refractivity contribution in [3.05, 3.63) is 34.6 Å². The maximum Gasteiger partial charge on any atom is 0.225 e. The van der Waals surface area contributed by atoms with Crippen molar-refractivity contribution in [2.75, 3.05) is 13.1 Å².